The molecule has 0 fully saturated rings. The van der Waals surface area contributed by atoms with Crippen molar-refractivity contribution in [3.05, 3.63) is 34.9 Å². The number of hydrogen-bond acceptors (Lipinski definition) is 3. The second kappa shape index (κ2) is 5.46. The predicted octanol–water partition coefficient (Wildman–Crippen LogP) is 2.72. The SMILES string of the molecule is CCS(=O)(=O)C(I)C(=O)c1cccc(Cl)c1. The van der Waals surface area contributed by atoms with Crippen LogP contribution in [0.25, 0.3) is 0 Å². The predicted molar refractivity (Wildman–Crippen MR) is 73.1 cm³/mol. The van der Waals surface area contributed by atoms with Gasteiger partial charge in [0.15, 0.2) is 18.9 Å². The van der Waals surface area contributed by atoms with Crippen molar-refractivity contribution in [2.24, 2.45) is 0 Å². The van der Waals surface area contributed by atoms with E-state index in [1.165, 1.54) is 13.0 Å². The van der Waals surface area contributed by atoms with Gasteiger partial charge in [-0.1, -0.05) is 53.2 Å². The van der Waals surface area contributed by atoms with Crippen molar-refractivity contribution in [1.82, 2.24) is 0 Å². The number of sulfone groups is 1. The topological polar surface area (TPSA) is 51.2 Å². The second-order valence-corrected chi connectivity index (χ2v) is 8.04. The molecule has 3 nitrogen and oxygen atoms in total. The summed E-state index contributed by atoms with van der Waals surface area (Å²) in [7, 11) is -3.36. The van der Waals surface area contributed by atoms with Gasteiger partial charge in [0.05, 0.1) is 0 Å². The van der Waals surface area contributed by atoms with E-state index in [1.54, 1.807) is 40.8 Å². The smallest absolute Gasteiger partial charge is 0.190 e. The van der Waals surface area contributed by atoms with Crippen molar-refractivity contribution in [2.75, 3.05) is 5.75 Å². The molecule has 0 saturated heterocycles. The van der Waals surface area contributed by atoms with Gasteiger partial charge in [-0.05, 0) is 12.1 Å². The van der Waals surface area contributed by atoms with E-state index in [9.17, 15) is 13.2 Å². The quantitative estimate of drug-likeness (QED) is 0.464. The summed E-state index contributed by atoms with van der Waals surface area (Å²) in [6, 6.07) is 6.29. The largest absolute Gasteiger partial charge is 0.292 e. The van der Waals surface area contributed by atoms with Crippen LogP contribution in [0.5, 0.6) is 0 Å². The van der Waals surface area contributed by atoms with Crippen LogP contribution in [0.4, 0.5) is 0 Å². The van der Waals surface area contributed by atoms with E-state index >= 15 is 0 Å². The molecule has 16 heavy (non-hydrogen) atoms. The van der Waals surface area contributed by atoms with Gasteiger partial charge in [0, 0.05) is 16.3 Å². The molecule has 1 rings (SSSR count). The Hall–Kier alpha value is -0.140. The molecule has 1 unspecified atom stereocenters. The van der Waals surface area contributed by atoms with Gasteiger partial charge in [0.1, 0.15) is 0 Å². The highest BCUT2D eigenvalue weighted by Gasteiger charge is 2.28. The first kappa shape index (κ1) is 13.9. The molecule has 6 heteroatoms. The zero-order valence-corrected chi connectivity index (χ0v) is 12.2. The second-order valence-electron chi connectivity index (χ2n) is 3.14. The van der Waals surface area contributed by atoms with Crippen molar-refractivity contribution in [1.29, 1.82) is 0 Å². The molecule has 1 atom stereocenters. The molecule has 88 valence electrons. The number of halogens is 2. The van der Waals surface area contributed by atoms with E-state index in [0.29, 0.717) is 10.6 Å². The molecule has 0 saturated carbocycles. The Bertz CT molecular complexity index is 499. The molecule has 0 aliphatic rings. The molecule has 0 amide bonds. The van der Waals surface area contributed by atoms with Crippen LogP contribution >= 0.6 is 34.2 Å². The third-order valence-electron chi connectivity index (χ3n) is 2.03. The standard InChI is InChI=1S/C10H10ClIO3S/c1-2-16(14,15)10(12)9(13)7-4-3-5-8(11)6-7/h3-6,10H,2H2,1H3. The molecule has 0 radical (unpaired) electrons. The number of ketones is 1. The maximum absolute atomic E-state index is 11.9. The summed E-state index contributed by atoms with van der Waals surface area (Å²) in [5.41, 5.74) is 0.323. The third kappa shape index (κ3) is 3.18. The minimum absolute atomic E-state index is 0.0487. The molecule has 0 aromatic heterocycles. The summed E-state index contributed by atoms with van der Waals surface area (Å²) in [5.74, 6) is -0.475. The summed E-state index contributed by atoms with van der Waals surface area (Å²) in [6.07, 6.45) is 0. The number of rotatable bonds is 4. The lowest BCUT2D eigenvalue weighted by atomic mass is 10.1. The van der Waals surface area contributed by atoms with Crippen LogP contribution in [-0.4, -0.2) is 23.2 Å². The van der Waals surface area contributed by atoms with Crippen LogP contribution in [0, 0.1) is 0 Å². The van der Waals surface area contributed by atoms with Gasteiger partial charge in [-0.25, -0.2) is 8.42 Å². The highest BCUT2D eigenvalue weighted by atomic mass is 127. The van der Waals surface area contributed by atoms with Crippen LogP contribution in [0.1, 0.15) is 17.3 Å². The first-order valence-corrected chi connectivity index (χ1v) is 7.88. The lowest BCUT2D eigenvalue weighted by Crippen LogP contribution is -2.25. The fourth-order valence-electron chi connectivity index (χ4n) is 1.08. The van der Waals surface area contributed by atoms with Gasteiger partial charge in [0.25, 0.3) is 0 Å². The molecule has 0 bridgehead atoms. The first-order chi connectivity index (χ1) is 7.38. The minimum atomic E-state index is -3.36. The fraction of sp³-hybridized carbons (Fsp3) is 0.300. The average Bonchev–Trinajstić information content (AvgIpc) is 2.27. The zero-order valence-electron chi connectivity index (χ0n) is 8.48. The lowest BCUT2D eigenvalue weighted by molar-refractivity contribution is 0.101. The molecule has 1 aromatic carbocycles. The Balaban J connectivity index is 3.04. The number of carbonyl (C=O) groups excluding carboxylic acids is 1. The van der Waals surface area contributed by atoms with Crippen molar-refractivity contribution < 1.29 is 13.2 Å². The van der Waals surface area contributed by atoms with Crippen LogP contribution < -0.4 is 0 Å². The van der Waals surface area contributed by atoms with E-state index in [4.69, 9.17) is 11.6 Å². The Morgan fingerprint density at radius 1 is 1.50 bits per heavy atom. The Morgan fingerprint density at radius 2 is 2.12 bits per heavy atom. The molecule has 1 aromatic rings. The Labute approximate surface area is 113 Å². The monoisotopic (exact) mass is 372 g/mol. The van der Waals surface area contributed by atoms with E-state index in [-0.39, 0.29) is 5.75 Å². The van der Waals surface area contributed by atoms with Crippen LogP contribution in [0.15, 0.2) is 24.3 Å². The van der Waals surface area contributed by atoms with Gasteiger partial charge in [0.2, 0.25) is 0 Å². The van der Waals surface area contributed by atoms with Crippen molar-refractivity contribution in [3.63, 3.8) is 0 Å². The number of alkyl halides is 1. The van der Waals surface area contributed by atoms with E-state index in [0.717, 1.165) is 0 Å². The van der Waals surface area contributed by atoms with Gasteiger partial charge in [-0.15, -0.1) is 0 Å². The van der Waals surface area contributed by atoms with Crippen molar-refractivity contribution in [2.45, 2.75) is 10.2 Å². The zero-order chi connectivity index (χ0) is 12.3. The summed E-state index contributed by atoms with van der Waals surface area (Å²) in [6.45, 7) is 1.52. The normalized spacial score (nSPS) is 13.4. The molecule has 0 N–H and O–H groups in total. The summed E-state index contributed by atoms with van der Waals surface area (Å²) in [5, 5.41) is 0.420. The lowest BCUT2D eigenvalue weighted by Gasteiger charge is -2.08. The van der Waals surface area contributed by atoms with Crippen LogP contribution in [0.3, 0.4) is 0 Å². The van der Waals surface area contributed by atoms with E-state index in [1.807, 2.05) is 0 Å². The Kier molecular flexibility index (Phi) is 4.75. The van der Waals surface area contributed by atoms with E-state index < -0.39 is 18.9 Å². The van der Waals surface area contributed by atoms with Crippen molar-refractivity contribution in [3.8, 4) is 0 Å². The van der Waals surface area contributed by atoms with Crippen molar-refractivity contribution >= 4 is 49.8 Å². The Morgan fingerprint density at radius 3 is 2.62 bits per heavy atom. The highest BCUT2D eigenvalue weighted by molar-refractivity contribution is 14.1. The first-order valence-electron chi connectivity index (χ1n) is 4.54. The molecule has 0 aliphatic heterocycles. The van der Waals surface area contributed by atoms with Gasteiger partial charge < -0.3 is 0 Å². The molecule has 0 heterocycles. The molecular formula is C10H10ClIO3S. The number of hydrogen-bond donors (Lipinski definition) is 0. The van der Waals surface area contributed by atoms with E-state index in [2.05, 4.69) is 0 Å². The maximum atomic E-state index is 11.9. The third-order valence-corrected chi connectivity index (χ3v) is 6.81. The summed E-state index contributed by atoms with van der Waals surface area (Å²) >= 11 is 7.38. The van der Waals surface area contributed by atoms with Crippen LogP contribution in [0.2, 0.25) is 5.02 Å². The number of carbonyl (C=O) groups is 1. The highest BCUT2D eigenvalue weighted by Crippen LogP contribution is 2.19. The molecule has 0 spiro atoms. The van der Waals surface area contributed by atoms with Gasteiger partial charge in [-0.3, -0.25) is 4.79 Å². The summed E-state index contributed by atoms with van der Waals surface area (Å²) in [4.78, 5) is 11.9. The minimum Gasteiger partial charge on any atom is -0.292 e. The number of benzene rings is 1. The number of Topliss-reactive ketones (excluding diaryl/α,β-unsaturated/α-hetero) is 1. The van der Waals surface area contributed by atoms with Crippen LogP contribution in [-0.2, 0) is 9.84 Å². The average molecular weight is 373 g/mol. The summed E-state index contributed by atoms with van der Waals surface area (Å²) < 4.78 is 22.0. The fourth-order valence-corrected chi connectivity index (χ4v) is 3.47. The van der Waals surface area contributed by atoms with Gasteiger partial charge in [-0.2, -0.15) is 0 Å². The maximum Gasteiger partial charge on any atom is 0.190 e. The molecule has 0 aliphatic carbocycles. The van der Waals surface area contributed by atoms with Gasteiger partial charge >= 0.3 is 0 Å². The molecular weight excluding hydrogens is 363 g/mol.